The van der Waals surface area contributed by atoms with E-state index >= 15 is 0 Å². The van der Waals surface area contributed by atoms with Gasteiger partial charge < -0.3 is 10.1 Å². The number of aromatic nitrogens is 2. The Morgan fingerprint density at radius 2 is 1.73 bits per heavy atom. The van der Waals surface area contributed by atoms with Crippen LogP contribution in [0.3, 0.4) is 0 Å². The van der Waals surface area contributed by atoms with Gasteiger partial charge in [0.15, 0.2) is 0 Å². The van der Waals surface area contributed by atoms with Crippen LogP contribution in [0.2, 0.25) is 0 Å². The number of hydrogen-bond acceptors (Lipinski definition) is 2. The lowest BCUT2D eigenvalue weighted by atomic mass is 9.62. The van der Waals surface area contributed by atoms with Gasteiger partial charge in [0.05, 0.1) is 11.9 Å². The fourth-order valence-corrected chi connectivity index (χ4v) is 3.98. The van der Waals surface area contributed by atoms with Gasteiger partial charge in [0.2, 0.25) is 5.82 Å². The molecule has 0 saturated heterocycles. The summed E-state index contributed by atoms with van der Waals surface area (Å²) < 4.78 is 0. The van der Waals surface area contributed by atoms with E-state index in [1.54, 1.807) is 6.20 Å². The number of aryl methyl sites for hydroxylation is 1. The van der Waals surface area contributed by atoms with Gasteiger partial charge in [0, 0.05) is 0 Å². The number of aromatic carboxylic acids is 1. The smallest absolute Gasteiger partial charge is 0.371 e. The Balaban J connectivity index is 2.08. The topological polar surface area (TPSA) is 66.0 Å². The third-order valence-electron chi connectivity index (χ3n) is 5.79. The van der Waals surface area contributed by atoms with E-state index in [0.717, 1.165) is 5.57 Å². The summed E-state index contributed by atoms with van der Waals surface area (Å²) in [6, 6.07) is 4.68. The van der Waals surface area contributed by atoms with Gasteiger partial charge in [-0.05, 0) is 71.4 Å². The molecule has 2 aromatic rings. The summed E-state index contributed by atoms with van der Waals surface area (Å²) in [5.41, 5.74) is 7.52. The molecule has 1 aliphatic carbocycles. The van der Waals surface area contributed by atoms with Crippen molar-refractivity contribution in [3.63, 3.8) is 0 Å². The van der Waals surface area contributed by atoms with E-state index in [-0.39, 0.29) is 16.7 Å². The van der Waals surface area contributed by atoms with Gasteiger partial charge in [-0.3, -0.25) is 0 Å². The molecular weight excluding hydrogens is 324 g/mol. The summed E-state index contributed by atoms with van der Waals surface area (Å²) in [5.74, 6) is -1.08. The molecule has 0 aliphatic heterocycles. The second-order valence-corrected chi connectivity index (χ2v) is 8.80. The Bertz CT molecular complexity index is 901. The van der Waals surface area contributed by atoms with Crippen molar-refractivity contribution in [3.05, 3.63) is 52.1 Å². The van der Waals surface area contributed by atoms with Crippen molar-refractivity contribution in [2.45, 2.75) is 65.2 Å². The molecule has 1 aromatic carbocycles. The number of allylic oxidation sites excluding steroid dienone is 1. The highest BCUT2D eigenvalue weighted by Crippen LogP contribution is 2.47. The molecular formula is C22H28N2O2. The number of imidazole rings is 1. The van der Waals surface area contributed by atoms with Crippen molar-refractivity contribution in [1.82, 2.24) is 9.97 Å². The van der Waals surface area contributed by atoms with E-state index in [1.807, 2.05) is 6.08 Å². The van der Waals surface area contributed by atoms with Crippen LogP contribution in [0.25, 0.3) is 11.6 Å². The van der Waals surface area contributed by atoms with E-state index in [9.17, 15) is 4.79 Å². The van der Waals surface area contributed by atoms with Crippen molar-refractivity contribution >= 4 is 17.6 Å². The molecule has 0 atom stereocenters. The maximum atomic E-state index is 11.0. The summed E-state index contributed by atoms with van der Waals surface area (Å²) >= 11 is 0. The van der Waals surface area contributed by atoms with E-state index < -0.39 is 5.97 Å². The Hall–Kier alpha value is -2.36. The Morgan fingerprint density at radius 1 is 1.15 bits per heavy atom. The monoisotopic (exact) mass is 352 g/mol. The number of hydrogen-bond donors (Lipinski definition) is 2. The van der Waals surface area contributed by atoms with Crippen molar-refractivity contribution in [2.24, 2.45) is 0 Å². The number of aromatic amines is 1. The number of carboxylic acids is 1. The summed E-state index contributed by atoms with van der Waals surface area (Å²) in [4.78, 5) is 17.7. The molecule has 4 heteroatoms. The van der Waals surface area contributed by atoms with Gasteiger partial charge in [0.1, 0.15) is 0 Å². The minimum absolute atomic E-state index is 0.0332. The average Bonchev–Trinajstić information content (AvgIpc) is 3.00. The maximum absolute atomic E-state index is 11.0. The standard InChI is InChI=1S/C22H28N2O2/c1-13(9-15-12-23-19(24-15)20(25)26)16-11-18-17(10-14(16)2)21(3,4)7-8-22(18,5)6/h9-12H,7-8H2,1-6H3,(H,23,24)(H,25,26). The van der Waals surface area contributed by atoms with Crippen LogP contribution < -0.4 is 0 Å². The highest BCUT2D eigenvalue weighted by Gasteiger charge is 2.37. The third kappa shape index (κ3) is 3.20. The van der Waals surface area contributed by atoms with Crippen LogP contribution >= 0.6 is 0 Å². The molecule has 1 heterocycles. The van der Waals surface area contributed by atoms with Gasteiger partial charge in [-0.1, -0.05) is 39.8 Å². The van der Waals surface area contributed by atoms with E-state index in [4.69, 9.17) is 5.11 Å². The second-order valence-electron chi connectivity index (χ2n) is 8.80. The number of carboxylic acid groups (broad SMARTS) is 1. The summed E-state index contributed by atoms with van der Waals surface area (Å²) in [6.07, 6.45) is 5.91. The largest absolute Gasteiger partial charge is 0.475 e. The van der Waals surface area contributed by atoms with Crippen molar-refractivity contribution in [1.29, 1.82) is 0 Å². The number of carbonyl (C=O) groups is 1. The predicted molar refractivity (Wildman–Crippen MR) is 106 cm³/mol. The maximum Gasteiger partial charge on any atom is 0.371 e. The van der Waals surface area contributed by atoms with Crippen molar-refractivity contribution < 1.29 is 9.90 Å². The Kier molecular flexibility index (Phi) is 4.33. The molecule has 3 rings (SSSR count). The Morgan fingerprint density at radius 3 is 2.27 bits per heavy atom. The van der Waals surface area contributed by atoms with Crippen LogP contribution in [0.1, 0.15) is 86.0 Å². The number of nitrogens with one attached hydrogen (secondary N) is 1. The van der Waals surface area contributed by atoms with Gasteiger partial charge >= 0.3 is 5.97 Å². The zero-order valence-corrected chi connectivity index (χ0v) is 16.5. The number of nitrogens with zero attached hydrogens (tertiary/aromatic N) is 1. The minimum atomic E-state index is -1.05. The Labute approximate surface area is 155 Å². The van der Waals surface area contributed by atoms with E-state index in [0.29, 0.717) is 5.69 Å². The second kappa shape index (κ2) is 6.11. The lowest BCUT2D eigenvalue weighted by Gasteiger charge is -2.42. The fraction of sp³-hybridized carbons (Fsp3) is 0.455. The van der Waals surface area contributed by atoms with Crippen LogP contribution in [0.15, 0.2) is 18.3 Å². The van der Waals surface area contributed by atoms with Crippen LogP contribution in [0, 0.1) is 6.92 Å². The van der Waals surface area contributed by atoms with Gasteiger partial charge in [-0.2, -0.15) is 0 Å². The predicted octanol–water partition coefficient (Wildman–Crippen LogP) is 5.33. The number of fused-ring (bicyclic) bond motifs is 1. The van der Waals surface area contributed by atoms with Gasteiger partial charge in [-0.25, -0.2) is 9.78 Å². The first kappa shape index (κ1) is 18.4. The highest BCUT2D eigenvalue weighted by molar-refractivity contribution is 5.85. The average molecular weight is 352 g/mol. The number of H-pyrrole nitrogens is 1. The molecule has 0 saturated carbocycles. The first-order chi connectivity index (χ1) is 12.0. The number of rotatable bonds is 3. The van der Waals surface area contributed by atoms with Crippen molar-refractivity contribution in [3.8, 4) is 0 Å². The highest BCUT2D eigenvalue weighted by atomic mass is 16.4. The first-order valence-electron chi connectivity index (χ1n) is 9.14. The lowest BCUT2D eigenvalue weighted by molar-refractivity contribution is 0.0684. The quantitative estimate of drug-likeness (QED) is 0.785. The zero-order valence-electron chi connectivity index (χ0n) is 16.5. The van der Waals surface area contributed by atoms with E-state index in [1.165, 1.54) is 35.1 Å². The van der Waals surface area contributed by atoms with Gasteiger partial charge in [0.25, 0.3) is 0 Å². The molecule has 0 bridgehead atoms. The van der Waals surface area contributed by atoms with Gasteiger partial charge in [-0.15, -0.1) is 0 Å². The van der Waals surface area contributed by atoms with Crippen molar-refractivity contribution in [2.75, 3.05) is 0 Å². The fourth-order valence-electron chi connectivity index (χ4n) is 3.98. The molecule has 0 radical (unpaired) electrons. The number of benzene rings is 1. The summed E-state index contributed by atoms with van der Waals surface area (Å²) in [5, 5.41) is 9.02. The first-order valence-corrected chi connectivity index (χ1v) is 9.14. The molecule has 2 N–H and O–H groups in total. The van der Waals surface area contributed by atoms with E-state index in [2.05, 4.69) is 63.6 Å². The summed E-state index contributed by atoms with van der Waals surface area (Å²) in [7, 11) is 0. The van der Waals surface area contributed by atoms with Crippen LogP contribution in [-0.2, 0) is 10.8 Å². The summed E-state index contributed by atoms with van der Waals surface area (Å²) in [6.45, 7) is 13.5. The molecule has 138 valence electrons. The molecule has 26 heavy (non-hydrogen) atoms. The lowest BCUT2D eigenvalue weighted by Crippen LogP contribution is -2.34. The molecule has 0 unspecified atom stereocenters. The molecule has 4 nitrogen and oxygen atoms in total. The molecule has 0 spiro atoms. The van der Waals surface area contributed by atoms with Crippen LogP contribution in [-0.4, -0.2) is 21.0 Å². The zero-order chi connectivity index (χ0) is 19.3. The molecule has 0 amide bonds. The van der Waals surface area contributed by atoms with Crippen LogP contribution in [0.5, 0.6) is 0 Å². The third-order valence-corrected chi connectivity index (χ3v) is 5.79. The van der Waals surface area contributed by atoms with Crippen LogP contribution in [0.4, 0.5) is 0 Å². The molecule has 0 fully saturated rings. The normalized spacial score (nSPS) is 18.5. The molecule has 1 aromatic heterocycles. The molecule has 1 aliphatic rings. The SMILES string of the molecule is CC(=Cc1cnc(C(=O)O)[nH]1)c1cc2c(cc1C)C(C)(C)CCC2(C)C. The minimum Gasteiger partial charge on any atom is -0.475 e.